The molecule has 1 aromatic heterocycles. The molecule has 26 heavy (non-hydrogen) atoms. The summed E-state index contributed by atoms with van der Waals surface area (Å²) < 4.78 is 10.4. The molecule has 3 rings (SSSR count). The molecule has 3 aromatic rings. The predicted molar refractivity (Wildman–Crippen MR) is 99.3 cm³/mol. The molecule has 0 aliphatic carbocycles. The molecule has 0 bridgehead atoms. The molecule has 0 atom stereocenters. The molecule has 0 saturated heterocycles. The van der Waals surface area contributed by atoms with Crippen molar-refractivity contribution in [2.45, 2.75) is 0 Å². The zero-order valence-corrected chi connectivity index (χ0v) is 14.4. The van der Waals surface area contributed by atoms with E-state index >= 15 is 0 Å². The summed E-state index contributed by atoms with van der Waals surface area (Å²) in [7, 11) is 3.09. The minimum Gasteiger partial charge on any atom is -0.497 e. The van der Waals surface area contributed by atoms with E-state index in [0.29, 0.717) is 23.1 Å². The molecular weight excluding hydrogens is 332 g/mol. The molecule has 1 amide bonds. The van der Waals surface area contributed by atoms with E-state index in [4.69, 9.17) is 9.47 Å². The zero-order valence-electron chi connectivity index (χ0n) is 14.4. The Morgan fingerprint density at radius 2 is 1.81 bits per heavy atom. The van der Waals surface area contributed by atoms with E-state index in [1.807, 2.05) is 30.3 Å². The average molecular weight is 350 g/mol. The van der Waals surface area contributed by atoms with Crippen LogP contribution in [0.25, 0.3) is 0 Å². The lowest BCUT2D eigenvalue weighted by Gasteiger charge is -2.11. The summed E-state index contributed by atoms with van der Waals surface area (Å²) in [6.45, 7) is 0. The summed E-state index contributed by atoms with van der Waals surface area (Å²) >= 11 is 0. The van der Waals surface area contributed by atoms with Crippen LogP contribution in [0.5, 0.6) is 11.5 Å². The molecule has 1 heterocycles. The van der Waals surface area contributed by atoms with Gasteiger partial charge in [-0.15, -0.1) is 0 Å². The van der Waals surface area contributed by atoms with Gasteiger partial charge in [0.05, 0.1) is 19.9 Å². The molecule has 2 N–H and O–H groups in total. The van der Waals surface area contributed by atoms with Crippen molar-refractivity contribution in [3.8, 4) is 11.5 Å². The summed E-state index contributed by atoms with van der Waals surface area (Å²) in [5, 5.41) is 5.84. The molecule has 0 unspecified atom stereocenters. The minimum absolute atomic E-state index is 0.233. The fraction of sp³-hybridized carbons (Fsp3) is 0.105. The first-order valence-corrected chi connectivity index (χ1v) is 7.88. The largest absolute Gasteiger partial charge is 0.497 e. The Morgan fingerprint density at radius 1 is 1.00 bits per heavy atom. The number of nitrogens with one attached hydrogen (secondary N) is 2. The third-order valence-electron chi connectivity index (χ3n) is 3.58. The summed E-state index contributed by atoms with van der Waals surface area (Å²) in [4.78, 5) is 20.9. The van der Waals surface area contributed by atoms with Crippen LogP contribution in [0.4, 0.5) is 17.3 Å². The maximum atomic E-state index is 12.5. The Kier molecular flexibility index (Phi) is 5.28. The maximum Gasteiger partial charge on any atom is 0.274 e. The van der Waals surface area contributed by atoms with Crippen molar-refractivity contribution in [1.82, 2.24) is 9.97 Å². The van der Waals surface area contributed by atoms with Gasteiger partial charge in [0.15, 0.2) is 0 Å². The van der Waals surface area contributed by atoms with Crippen molar-refractivity contribution >= 4 is 23.2 Å². The highest BCUT2D eigenvalue weighted by Crippen LogP contribution is 2.29. The molecule has 0 radical (unpaired) electrons. The second kappa shape index (κ2) is 7.98. The predicted octanol–water partition coefficient (Wildman–Crippen LogP) is 3.49. The molecule has 0 aliphatic rings. The first kappa shape index (κ1) is 17.2. The number of hydrogen-bond donors (Lipinski definition) is 2. The van der Waals surface area contributed by atoms with Crippen molar-refractivity contribution in [3.05, 3.63) is 66.5 Å². The van der Waals surface area contributed by atoms with Gasteiger partial charge in [0.2, 0.25) is 5.95 Å². The number of rotatable bonds is 6. The fourth-order valence-corrected chi connectivity index (χ4v) is 2.28. The van der Waals surface area contributed by atoms with Crippen LogP contribution in [0.3, 0.4) is 0 Å². The van der Waals surface area contributed by atoms with Crippen molar-refractivity contribution in [3.63, 3.8) is 0 Å². The molecular formula is C19H18N4O3. The van der Waals surface area contributed by atoms with Crippen LogP contribution >= 0.6 is 0 Å². The Labute approximate surface area is 151 Å². The molecule has 7 heteroatoms. The first-order chi connectivity index (χ1) is 12.7. The van der Waals surface area contributed by atoms with Crippen molar-refractivity contribution in [2.24, 2.45) is 0 Å². The zero-order chi connectivity index (χ0) is 18.4. The van der Waals surface area contributed by atoms with E-state index in [-0.39, 0.29) is 11.6 Å². The number of para-hydroxylation sites is 1. The third-order valence-corrected chi connectivity index (χ3v) is 3.58. The normalized spacial score (nSPS) is 10.1. The van der Waals surface area contributed by atoms with Crippen LogP contribution in [-0.2, 0) is 0 Å². The standard InChI is InChI=1S/C19H18N4O3/c1-25-14-8-9-15(17(12-14)26-2)22-18(24)16-10-11-20-19(23-16)21-13-6-4-3-5-7-13/h3-12H,1-2H3,(H,22,24)(H,20,21,23). The van der Waals surface area contributed by atoms with Gasteiger partial charge in [0.25, 0.3) is 5.91 Å². The average Bonchev–Trinajstić information content (AvgIpc) is 2.69. The quantitative estimate of drug-likeness (QED) is 0.708. The summed E-state index contributed by atoms with van der Waals surface area (Å²) in [6.07, 6.45) is 1.53. The molecule has 7 nitrogen and oxygen atoms in total. The van der Waals surface area contributed by atoms with Crippen LogP contribution in [-0.4, -0.2) is 30.1 Å². The van der Waals surface area contributed by atoms with Gasteiger partial charge in [-0.1, -0.05) is 18.2 Å². The first-order valence-electron chi connectivity index (χ1n) is 7.88. The van der Waals surface area contributed by atoms with Gasteiger partial charge in [-0.25, -0.2) is 9.97 Å². The Morgan fingerprint density at radius 3 is 2.54 bits per heavy atom. The highest BCUT2D eigenvalue weighted by atomic mass is 16.5. The van der Waals surface area contributed by atoms with Crippen molar-refractivity contribution < 1.29 is 14.3 Å². The van der Waals surface area contributed by atoms with Gasteiger partial charge in [-0.2, -0.15) is 0 Å². The lowest BCUT2D eigenvalue weighted by atomic mass is 10.2. The topological polar surface area (TPSA) is 85.4 Å². The van der Waals surface area contributed by atoms with E-state index in [9.17, 15) is 4.79 Å². The summed E-state index contributed by atoms with van der Waals surface area (Å²) in [5.41, 5.74) is 1.59. The van der Waals surface area contributed by atoms with Crippen LogP contribution < -0.4 is 20.1 Å². The Bertz CT molecular complexity index is 900. The third kappa shape index (κ3) is 4.07. The van der Waals surface area contributed by atoms with Gasteiger partial charge in [-0.05, 0) is 30.3 Å². The molecule has 132 valence electrons. The number of carbonyl (C=O) groups excluding carboxylic acids is 1. The van der Waals surface area contributed by atoms with Crippen LogP contribution in [0.2, 0.25) is 0 Å². The highest BCUT2D eigenvalue weighted by Gasteiger charge is 2.13. The number of hydrogen-bond acceptors (Lipinski definition) is 6. The molecule has 0 fully saturated rings. The fourth-order valence-electron chi connectivity index (χ4n) is 2.28. The number of anilines is 3. The number of methoxy groups -OCH3 is 2. The smallest absolute Gasteiger partial charge is 0.274 e. The summed E-state index contributed by atoms with van der Waals surface area (Å²) in [6, 6.07) is 16.2. The van der Waals surface area contributed by atoms with E-state index in [2.05, 4.69) is 20.6 Å². The van der Waals surface area contributed by atoms with E-state index in [1.165, 1.54) is 13.3 Å². The Balaban J connectivity index is 1.77. The second-order valence-electron chi connectivity index (χ2n) is 5.28. The number of amides is 1. The number of carbonyl (C=O) groups is 1. The molecule has 0 spiro atoms. The van der Waals surface area contributed by atoms with E-state index in [1.54, 1.807) is 31.4 Å². The van der Waals surface area contributed by atoms with Gasteiger partial charge in [0, 0.05) is 18.0 Å². The van der Waals surface area contributed by atoms with Crippen LogP contribution in [0.1, 0.15) is 10.5 Å². The maximum absolute atomic E-state index is 12.5. The van der Waals surface area contributed by atoms with E-state index < -0.39 is 0 Å². The van der Waals surface area contributed by atoms with Crippen LogP contribution in [0, 0.1) is 0 Å². The number of ether oxygens (including phenoxy) is 2. The van der Waals surface area contributed by atoms with Crippen LogP contribution in [0.15, 0.2) is 60.8 Å². The molecule has 0 saturated carbocycles. The molecule has 2 aromatic carbocycles. The Hall–Kier alpha value is -3.61. The summed E-state index contributed by atoms with van der Waals surface area (Å²) in [5.74, 6) is 1.10. The van der Waals surface area contributed by atoms with E-state index in [0.717, 1.165) is 5.69 Å². The lowest BCUT2D eigenvalue weighted by molar-refractivity contribution is 0.102. The second-order valence-corrected chi connectivity index (χ2v) is 5.28. The van der Waals surface area contributed by atoms with Gasteiger partial charge in [0.1, 0.15) is 17.2 Å². The van der Waals surface area contributed by atoms with Gasteiger partial charge < -0.3 is 20.1 Å². The number of aromatic nitrogens is 2. The van der Waals surface area contributed by atoms with Crippen molar-refractivity contribution in [2.75, 3.05) is 24.9 Å². The molecule has 0 aliphatic heterocycles. The lowest BCUT2D eigenvalue weighted by Crippen LogP contribution is -2.15. The number of benzene rings is 2. The minimum atomic E-state index is -0.369. The van der Waals surface area contributed by atoms with Crippen molar-refractivity contribution in [1.29, 1.82) is 0 Å². The van der Waals surface area contributed by atoms with Gasteiger partial charge >= 0.3 is 0 Å². The SMILES string of the molecule is COc1ccc(NC(=O)c2ccnc(Nc3ccccc3)n2)c(OC)c1. The monoisotopic (exact) mass is 350 g/mol. The highest BCUT2D eigenvalue weighted by molar-refractivity contribution is 6.03. The van der Waals surface area contributed by atoms with Gasteiger partial charge in [-0.3, -0.25) is 4.79 Å². The number of nitrogens with zero attached hydrogens (tertiary/aromatic N) is 2.